The Hall–Kier alpha value is -5.89. The van der Waals surface area contributed by atoms with Crippen LogP contribution in [0.3, 0.4) is 0 Å². The van der Waals surface area contributed by atoms with Crippen LogP contribution in [0.5, 0.6) is 0 Å². The van der Waals surface area contributed by atoms with Crippen molar-refractivity contribution in [3.8, 4) is 12.1 Å². The van der Waals surface area contributed by atoms with Crippen LogP contribution in [-0.2, 0) is 29.2 Å². The highest BCUT2D eigenvalue weighted by atomic mass is 35.5. The number of aromatic nitrogens is 6. The average molecular weight is 1050 g/mol. The molecule has 0 spiro atoms. The number of nitrogens with two attached hydrogens (primary N) is 1. The molecule has 0 fully saturated rings. The maximum atomic E-state index is 11.6. The third-order valence-corrected chi connectivity index (χ3v) is 11.5. The molecule has 68 heavy (non-hydrogen) atoms. The van der Waals surface area contributed by atoms with Crippen LogP contribution >= 0.6 is 68.5 Å². The highest BCUT2D eigenvalue weighted by Crippen LogP contribution is 2.19. The molecule has 0 aromatic carbocycles. The number of halogens is 2. The number of carbonyl (C=O) groups is 3. The van der Waals surface area contributed by atoms with E-state index in [9.17, 15) is 28.8 Å². The lowest BCUT2D eigenvalue weighted by Crippen LogP contribution is -2.25. The fourth-order valence-corrected chi connectivity index (χ4v) is 7.40. The molecular weight excluding hydrogens is 994 g/mol. The van der Waals surface area contributed by atoms with Gasteiger partial charge in [0.15, 0.2) is 5.78 Å². The smallest absolute Gasteiger partial charge is 0.268 e. The number of H-pyrrole nitrogens is 3. The van der Waals surface area contributed by atoms with Crippen LogP contribution in [0.1, 0.15) is 76.1 Å². The van der Waals surface area contributed by atoms with Gasteiger partial charge in [0.1, 0.15) is 38.1 Å². The number of nitrogen functional groups attached to an aromatic ring is 1. The zero-order chi connectivity index (χ0) is 49.8. The van der Waals surface area contributed by atoms with Gasteiger partial charge >= 0.3 is 0 Å². The standard InChI is InChI=1S/C10H11N3O2S.2C8H9N3OS.C6H7NOS.C5H8N2O.C3H5N.CH2Cl2.2CH4/c1-6(14)13(2)5-8-11-7-3-4-16-9(7)10(15)12-8;2*1-9-4-6-10-5-2-3-13-7(5)8(12)11-6;1-4(8)6-5(7)2-3-9-6;1-5(8)7(2)4-3-6;1-2-3-4;2-1-3;;/h3-4H,5H2,1-2H3,(H,11,12,15);2*2-3,9H,4H2,1H3,(H,10,11,12);2-3H,7H2,1H3;4H2,1-2H3;2H2,1H3;1H2;2*1H4. The van der Waals surface area contributed by atoms with E-state index in [-0.39, 0.29) is 61.0 Å². The maximum absolute atomic E-state index is 11.6. The van der Waals surface area contributed by atoms with Crippen molar-refractivity contribution < 1.29 is 14.4 Å². The number of Topliss-reactive ketones (excluding diaryl/α,β-unsaturated/α-hetero) is 1. The van der Waals surface area contributed by atoms with Gasteiger partial charge in [-0.1, -0.05) is 21.8 Å². The summed E-state index contributed by atoms with van der Waals surface area (Å²) in [6.45, 7) is 7.90. The summed E-state index contributed by atoms with van der Waals surface area (Å²) in [6, 6.07) is 11.0. The zero-order valence-electron chi connectivity index (χ0n) is 37.4. The fourth-order valence-electron chi connectivity index (χ4n) is 4.50. The highest BCUT2D eigenvalue weighted by Gasteiger charge is 2.09. The Bertz CT molecular complexity index is 2770. The number of hydrogen-bond acceptors (Lipinski definition) is 18. The Morgan fingerprint density at radius 2 is 1.03 bits per heavy atom. The van der Waals surface area contributed by atoms with Gasteiger partial charge < -0.3 is 41.1 Å². The van der Waals surface area contributed by atoms with Gasteiger partial charge in [-0.2, -0.15) is 10.5 Å². The molecule has 0 aliphatic heterocycles. The summed E-state index contributed by atoms with van der Waals surface area (Å²) in [5.74, 6) is 1.77. The predicted octanol–water partition coefficient (Wildman–Crippen LogP) is 7.51. The number of thiophene rings is 4. The molecule has 25 heteroatoms. The first-order valence-corrected chi connectivity index (χ1v) is 23.8. The first-order chi connectivity index (χ1) is 31.4. The van der Waals surface area contributed by atoms with Crippen molar-refractivity contribution in [3.63, 3.8) is 0 Å². The molecule has 0 atom stereocenters. The van der Waals surface area contributed by atoms with E-state index in [1.54, 1.807) is 26.2 Å². The van der Waals surface area contributed by atoms with Crippen LogP contribution in [0.4, 0.5) is 5.69 Å². The molecule has 0 saturated heterocycles. The first-order valence-electron chi connectivity index (χ1n) is 19.2. The number of carbonyl (C=O) groups excluding carboxylic acids is 3. The second kappa shape index (κ2) is 35.3. The van der Waals surface area contributed by atoms with E-state index in [4.69, 9.17) is 39.5 Å². The van der Waals surface area contributed by atoms with Crippen LogP contribution in [0.2, 0.25) is 0 Å². The Balaban J connectivity index is 0. The normalized spacial score (nSPS) is 9.35. The Kier molecular flexibility index (Phi) is 33.3. The molecule has 0 radical (unpaired) electrons. The molecule has 0 aliphatic carbocycles. The second-order valence-electron chi connectivity index (χ2n) is 12.8. The molecule has 7 N–H and O–H groups in total. The zero-order valence-corrected chi connectivity index (χ0v) is 42.2. The second-order valence-corrected chi connectivity index (χ2v) is 17.3. The third-order valence-electron chi connectivity index (χ3n) is 7.72. The largest absolute Gasteiger partial charge is 0.397 e. The molecule has 0 unspecified atom stereocenters. The monoisotopic (exact) mass is 1050 g/mol. The number of alkyl halides is 2. The summed E-state index contributed by atoms with van der Waals surface area (Å²) in [7, 11) is 6.89. The minimum absolute atomic E-state index is 0. The molecular formula is C43H59Cl2N13O6S4. The van der Waals surface area contributed by atoms with Gasteiger partial charge in [0.05, 0.1) is 64.2 Å². The van der Waals surface area contributed by atoms with Gasteiger partial charge in [-0.15, -0.1) is 68.5 Å². The maximum Gasteiger partial charge on any atom is 0.268 e. The number of rotatable bonds is 8. The summed E-state index contributed by atoms with van der Waals surface area (Å²) in [6.07, 6.45) is 0.625. The summed E-state index contributed by atoms with van der Waals surface area (Å²) in [4.78, 5) is 90.9. The Morgan fingerprint density at radius 3 is 1.29 bits per heavy atom. The number of aromatic amines is 3. The van der Waals surface area contributed by atoms with Crippen molar-refractivity contribution in [2.75, 3.05) is 45.8 Å². The molecule has 7 aromatic heterocycles. The van der Waals surface area contributed by atoms with Crippen LogP contribution < -0.4 is 33.0 Å². The van der Waals surface area contributed by atoms with Crippen molar-refractivity contribution in [2.45, 2.75) is 68.6 Å². The number of nitrogens with zero attached hydrogens (tertiary/aromatic N) is 7. The van der Waals surface area contributed by atoms with E-state index < -0.39 is 0 Å². The SMILES string of the molecule is C.C.CC(=O)N(C)CC#N.CC(=O)N(C)Cc1nc2ccsc2c(=O)[nH]1.CC(=O)c1sccc1N.CCC#N.CNCc1nc2ccsc2c(=O)[nH]1.CNCc1nc2ccsc2c(=O)[nH]1.ClCCl. The number of amides is 2. The summed E-state index contributed by atoms with van der Waals surface area (Å²) in [5, 5.41) is 29.1. The molecule has 19 nitrogen and oxygen atoms in total. The Labute approximate surface area is 421 Å². The van der Waals surface area contributed by atoms with Gasteiger partial charge in [0.2, 0.25) is 11.8 Å². The number of nitriles is 2. The van der Waals surface area contributed by atoms with Gasteiger partial charge in [0, 0.05) is 41.3 Å². The lowest BCUT2D eigenvalue weighted by atomic mass is 10.3. The lowest BCUT2D eigenvalue weighted by molar-refractivity contribution is -0.128. The van der Waals surface area contributed by atoms with Crippen molar-refractivity contribution in [1.82, 2.24) is 50.3 Å². The van der Waals surface area contributed by atoms with Crippen molar-refractivity contribution in [2.24, 2.45) is 0 Å². The summed E-state index contributed by atoms with van der Waals surface area (Å²) >= 11 is 15.1. The van der Waals surface area contributed by atoms with E-state index in [1.807, 2.05) is 66.8 Å². The average Bonchev–Trinajstić information content (AvgIpc) is 4.11. The van der Waals surface area contributed by atoms with Gasteiger partial charge in [-0.3, -0.25) is 28.8 Å². The topological polar surface area (TPSA) is 293 Å². The fraction of sp³-hybridized carbons (Fsp3) is 0.372. The van der Waals surface area contributed by atoms with E-state index in [0.29, 0.717) is 73.7 Å². The lowest BCUT2D eigenvalue weighted by Gasteiger charge is -2.13. The van der Waals surface area contributed by atoms with E-state index in [2.05, 4.69) is 40.5 Å². The van der Waals surface area contributed by atoms with E-state index >= 15 is 0 Å². The van der Waals surface area contributed by atoms with Crippen LogP contribution in [0.15, 0.2) is 60.2 Å². The first kappa shape index (κ1) is 64.2. The summed E-state index contributed by atoms with van der Waals surface area (Å²) < 4.78 is 2.01. The van der Waals surface area contributed by atoms with Crippen molar-refractivity contribution >= 4 is 122 Å². The van der Waals surface area contributed by atoms with Crippen LogP contribution in [0.25, 0.3) is 30.6 Å². The van der Waals surface area contributed by atoms with Crippen LogP contribution in [0, 0.1) is 22.7 Å². The number of nitrogens with one attached hydrogen (secondary N) is 5. The third kappa shape index (κ3) is 22.7. The molecule has 0 saturated carbocycles. The Morgan fingerprint density at radius 1 is 0.676 bits per heavy atom. The number of anilines is 1. The number of hydrogen-bond donors (Lipinski definition) is 6. The minimum Gasteiger partial charge on any atom is -0.397 e. The minimum atomic E-state index is -0.146. The molecule has 0 aliphatic rings. The highest BCUT2D eigenvalue weighted by molar-refractivity contribution is 7.17. The van der Waals surface area contributed by atoms with Gasteiger partial charge in [-0.25, -0.2) is 15.0 Å². The molecule has 370 valence electrons. The van der Waals surface area contributed by atoms with E-state index in [0.717, 1.165) is 11.0 Å². The van der Waals surface area contributed by atoms with E-state index in [1.165, 1.54) is 75.9 Å². The molecule has 7 rings (SSSR count). The predicted molar refractivity (Wildman–Crippen MR) is 282 cm³/mol. The molecule has 0 bridgehead atoms. The van der Waals surface area contributed by atoms with Crippen LogP contribution in [-0.4, -0.2) is 97.4 Å². The van der Waals surface area contributed by atoms with Gasteiger partial charge in [0.25, 0.3) is 16.7 Å². The summed E-state index contributed by atoms with van der Waals surface area (Å²) in [5.41, 5.74) is 8.01. The molecule has 7 aromatic rings. The van der Waals surface area contributed by atoms with Crippen molar-refractivity contribution in [1.29, 1.82) is 10.5 Å². The molecule has 2 amide bonds. The van der Waals surface area contributed by atoms with Crippen molar-refractivity contribution in [3.05, 3.63) is 99.2 Å². The quantitative estimate of drug-likeness (QED) is 0.0488. The number of fused-ring (bicyclic) bond motifs is 3. The number of ketones is 1. The van der Waals surface area contributed by atoms with Gasteiger partial charge in [-0.05, 0) is 59.9 Å². The molecule has 7 heterocycles.